The zero-order valence-electron chi connectivity index (χ0n) is 14.4. The van der Waals surface area contributed by atoms with Crippen molar-refractivity contribution in [3.8, 4) is 0 Å². The van der Waals surface area contributed by atoms with Crippen molar-refractivity contribution < 1.29 is 68.0 Å². The van der Waals surface area contributed by atoms with E-state index in [2.05, 4.69) is 32.2 Å². The second kappa shape index (κ2) is 10.7. The number of rotatable bonds is 2. The molecule has 0 heterocycles. The monoisotopic (exact) mass is 833 g/mol. The van der Waals surface area contributed by atoms with E-state index in [1.54, 1.807) is 18.2 Å². The van der Waals surface area contributed by atoms with E-state index in [1.807, 2.05) is 13.8 Å². The van der Waals surface area contributed by atoms with Crippen LogP contribution in [0.5, 0.6) is 0 Å². The number of nitrogens with one attached hydrogen (secondary N) is 1. The molecule has 0 saturated carbocycles. The number of nitrogens with two attached hydrogens (primary N) is 1. The van der Waals surface area contributed by atoms with Crippen LogP contribution in [0.25, 0.3) is 0 Å². The van der Waals surface area contributed by atoms with Gasteiger partial charge in [-0.25, -0.2) is 0 Å². The van der Waals surface area contributed by atoms with E-state index in [-0.39, 0.29) is 69.1 Å². The molecule has 2 aromatic carbocycles. The molecule has 0 aliphatic carbocycles. The summed E-state index contributed by atoms with van der Waals surface area (Å²) in [6.07, 6.45) is 0. The van der Waals surface area contributed by atoms with Crippen molar-refractivity contribution >= 4 is 17.3 Å². The molecule has 128 valence electrons. The van der Waals surface area contributed by atoms with Gasteiger partial charge in [0.25, 0.3) is 0 Å². The first-order chi connectivity index (χ1) is 9.84. The van der Waals surface area contributed by atoms with Gasteiger partial charge < -0.3 is 11.1 Å². The minimum Gasteiger partial charge on any atom is -0.418 e. The van der Waals surface area contributed by atoms with E-state index < -0.39 is 0 Å². The topological polar surface area (TPSA) is 55.1 Å². The molecule has 3 nitrogen and oxygen atoms in total. The van der Waals surface area contributed by atoms with E-state index in [9.17, 15) is 4.79 Å². The number of hydrogen-bond acceptors (Lipinski definition) is 2. The van der Waals surface area contributed by atoms with Gasteiger partial charge in [-0.05, 0) is 68.1 Å². The maximum atomic E-state index is 12.6. The van der Waals surface area contributed by atoms with E-state index in [0.717, 1.165) is 27.8 Å². The molecule has 0 aliphatic heterocycles. The number of anilines is 2. The Morgan fingerprint density at radius 3 is 1.83 bits per heavy atom. The summed E-state index contributed by atoms with van der Waals surface area (Å²) in [6, 6.07) is 8.19. The van der Waals surface area contributed by atoms with Gasteiger partial charge in [-0.15, -0.1) is 6.07 Å². The number of carbonyl (C=O) groups excluding carboxylic acids is 1. The Labute approximate surface area is 187 Å². The van der Waals surface area contributed by atoms with E-state index >= 15 is 0 Å². The molecule has 24 heavy (non-hydrogen) atoms. The van der Waals surface area contributed by atoms with Crippen LogP contribution < -0.4 is 11.1 Å². The van der Waals surface area contributed by atoms with Crippen LogP contribution in [0, 0.1) is 40.7 Å². The average molecular weight is 833 g/mol. The van der Waals surface area contributed by atoms with Gasteiger partial charge >= 0.3 is 0 Å². The molecule has 0 aliphatic rings. The van der Waals surface area contributed by atoms with Gasteiger partial charge in [-0.2, -0.15) is 18.2 Å². The largest absolute Gasteiger partial charge is 0.418 e. The maximum Gasteiger partial charge on any atom is 0.245 e. The molecule has 2 aromatic rings. The molecule has 3 N–H and O–H groups in total. The SMILES string of the molecule is Cc1c(C)c(C)c(C(=O)Nc2ccc[c-]c2N)c(C)c1C.[W].[W].[W]. The third-order valence-corrected chi connectivity index (χ3v) is 4.36. The second-order valence-electron chi connectivity index (χ2n) is 5.45. The molecule has 0 aromatic heterocycles. The minimum atomic E-state index is -0.123. The van der Waals surface area contributed by atoms with Gasteiger partial charge in [0.1, 0.15) is 0 Å². The van der Waals surface area contributed by atoms with Crippen LogP contribution in [0.4, 0.5) is 11.4 Å². The standard InChI is InChI=1S/C18H21N2O.3W/c1-10-11(2)13(4)17(14(5)12(10)3)18(21)20-16-9-7-6-8-15(16)19;;;/h6-7,9H,19H2,1-5H3,(H,20,21);;;/q-1;;;. The van der Waals surface area contributed by atoms with Gasteiger partial charge in [0.15, 0.2) is 0 Å². The minimum absolute atomic E-state index is 0. The fourth-order valence-corrected chi connectivity index (χ4v) is 2.58. The van der Waals surface area contributed by atoms with Crippen LogP contribution in [-0.4, -0.2) is 5.91 Å². The first-order valence-electron chi connectivity index (χ1n) is 6.99. The summed E-state index contributed by atoms with van der Waals surface area (Å²) in [5.41, 5.74) is 13.2. The Morgan fingerprint density at radius 1 is 0.917 bits per heavy atom. The van der Waals surface area contributed by atoms with Crippen molar-refractivity contribution in [1.82, 2.24) is 0 Å². The van der Waals surface area contributed by atoms with Crippen LogP contribution >= 0.6 is 0 Å². The van der Waals surface area contributed by atoms with Crippen molar-refractivity contribution in [2.24, 2.45) is 0 Å². The fraction of sp³-hybridized carbons (Fsp3) is 0.278. The third-order valence-electron chi connectivity index (χ3n) is 4.36. The average Bonchev–Trinajstić information content (AvgIpc) is 2.46. The van der Waals surface area contributed by atoms with Gasteiger partial charge in [-0.1, -0.05) is 5.69 Å². The van der Waals surface area contributed by atoms with Crippen molar-refractivity contribution in [3.63, 3.8) is 0 Å². The van der Waals surface area contributed by atoms with Crippen LogP contribution in [0.3, 0.4) is 0 Å². The first-order valence-corrected chi connectivity index (χ1v) is 6.99. The van der Waals surface area contributed by atoms with E-state index in [1.165, 1.54) is 5.56 Å². The van der Waals surface area contributed by atoms with Crippen molar-refractivity contribution in [1.29, 1.82) is 0 Å². The number of carbonyl (C=O) groups is 1. The number of hydrogen-bond donors (Lipinski definition) is 2. The van der Waals surface area contributed by atoms with Gasteiger partial charge in [-0.3, -0.25) is 4.79 Å². The molecule has 0 spiro atoms. The number of benzene rings is 2. The van der Waals surface area contributed by atoms with E-state index in [0.29, 0.717) is 11.4 Å². The van der Waals surface area contributed by atoms with Gasteiger partial charge in [0.2, 0.25) is 5.91 Å². The molecule has 0 radical (unpaired) electrons. The molecule has 2 rings (SSSR count). The molecular formula is C18H21N2OW3-. The molecule has 0 bridgehead atoms. The number of amides is 1. The molecule has 1 amide bonds. The molecule has 0 saturated heterocycles. The molecule has 0 fully saturated rings. The molecule has 0 atom stereocenters. The Kier molecular flexibility index (Phi) is 11.6. The fourth-order valence-electron chi connectivity index (χ4n) is 2.58. The van der Waals surface area contributed by atoms with E-state index in [4.69, 9.17) is 5.73 Å². The molecule has 0 unspecified atom stereocenters. The Balaban J connectivity index is 0. The summed E-state index contributed by atoms with van der Waals surface area (Å²) in [7, 11) is 0. The quantitative estimate of drug-likeness (QED) is 0.358. The normalized spacial score (nSPS) is 9.21. The molecular weight excluding hydrogens is 812 g/mol. The summed E-state index contributed by atoms with van der Waals surface area (Å²) < 4.78 is 0. The van der Waals surface area contributed by atoms with Crippen molar-refractivity contribution in [2.75, 3.05) is 11.1 Å². The second-order valence-corrected chi connectivity index (χ2v) is 5.45. The van der Waals surface area contributed by atoms with Crippen molar-refractivity contribution in [2.45, 2.75) is 34.6 Å². The summed E-state index contributed by atoms with van der Waals surface area (Å²) in [5.74, 6) is -0.123. The first kappa shape index (κ1) is 26.0. The van der Waals surface area contributed by atoms with Gasteiger partial charge in [0.05, 0.1) is 0 Å². The van der Waals surface area contributed by atoms with Crippen LogP contribution in [-0.2, 0) is 63.2 Å². The predicted octanol–water partition coefficient (Wildman–Crippen LogP) is 3.86. The van der Waals surface area contributed by atoms with Crippen molar-refractivity contribution in [3.05, 3.63) is 57.6 Å². The zero-order valence-corrected chi connectivity index (χ0v) is 23.2. The number of nitrogen functional groups attached to an aromatic ring is 1. The summed E-state index contributed by atoms with van der Waals surface area (Å²) >= 11 is 0. The van der Waals surface area contributed by atoms with Crippen LogP contribution in [0.1, 0.15) is 38.2 Å². The zero-order chi connectivity index (χ0) is 15.7. The smallest absolute Gasteiger partial charge is 0.245 e. The third kappa shape index (κ3) is 5.14. The van der Waals surface area contributed by atoms with Crippen LogP contribution in [0.15, 0.2) is 18.2 Å². The summed E-state index contributed by atoms with van der Waals surface area (Å²) in [6.45, 7) is 10.2. The Morgan fingerprint density at radius 2 is 1.38 bits per heavy atom. The Bertz CT molecular complexity index is 701. The summed E-state index contributed by atoms with van der Waals surface area (Å²) in [4.78, 5) is 12.6. The van der Waals surface area contributed by atoms with Crippen LogP contribution in [0.2, 0.25) is 0 Å². The maximum absolute atomic E-state index is 12.6. The Hall–Kier alpha value is -0.225. The number of para-hydroxylation sites is 1. The summed E-state index contributed by atoms with van der Waals surface area (Å²) in [5, 5.41) is 2.89. The molecule has 6 heteroatoms. The van der Waals surface area contributed by atoms with Gasteiger partial charge in [0, 0.05) is 68.8 Å². The predicted molar refractivity (Wildman–Crippen MR) is 87.8 cm³/mol.